The summed E-state index contributed by atoms with van der Waals surface area (Å²) in [7, 11) is 0. The van der Waals surface area contributed by atoms with Crippen molar-refractivity contribution in [3.63, 3.8) is 0 Å². The number of rotatable bonds is 4. The van der Waals surface area contributed by atoms with Crippen LogP contribution in [-0.2, 0) is 6.54 Å². The lowest BCUT2D eigenvalue weighted by Gasteiger charge is -2.05. The van der Waals surface area contributed by atoms with Gasteiger partial charge in [-0.05, 0) is 30.5 Å². The molecule has 0 saturated heterocycles. The van der Waals surface area contributed by atoms with Crippen LogP contribution in [0.1, 0.15) is 36.7 Å². The molecule has 0 amide bonds. The Morgan fingerprint density at radius 3 is 2.78 bits per heavy atom. The average molecular weight is 364 g/mol. The van der Waals surface area contributed by atoms with Gasteiger partial charge in [-0.3, -0.25) is 9.55 Å². The number of nitrogens with zero attached hydrogens (tertiary/aromatic N) is 4. The van der Waals surface area contributed by atoms with E-state index < -0.39 is 0 Å². The zero-order valence-electron chi connectivity index (χ0n) is 15.4. The first-order valence-electron chi connectivity index (χ1n) is 8.68. The van der Waals surface area contributed by atoms with Crippen LogP contribution in [-0.4, -0.2) is 24.5 Å². The van der Waals surface area contributed by atoms with Gasteiger partial charge in [0.1, 0.15) is 23.3 Å². The number of aryl methyl sites for hydroxylation is 1. The van der Waals surface area contributed by atoms with Crippen molar-refractivity contribution in [2.45, 2.75) is 33.2 Å². The van der Waals surface area contributed by atoms with Gasteiger partial charge < -0.3 is 15.1 Å². The number of aromatic amines is 1. The summed E-state index contributed by atoms with van der Waals surface area (Å²) in [5, 5.41) is 0. The molecule has 0 atom stereocenters. The third kappa shape index (κ3) is 3.10. The van der Waals surface area contributed by atoms with Gasteiger partial charge in [0.05, 0.1) is 17.8 Å². The Hall–Kier alpha value is -3.42. The van der Waals surface area contributed by atoms with E-state index in [1.165, 1.54) is 0 Å². The van der Waals surface area contributed by atoms with Crippen molar-refractivity contribution in [3.8, 4) is 11.6 Å². The molecule has 0 aliphatic carbocycles. The van der Waals surface area contributed by atoms with Crippen LogP contribution in [0.4, 0.5) is 5.82 Å². The van der Waals surface area contributed by atoms with Gasteiger partial charge >= 0.3 is 5.69 Å². The minimum absolute atomic E-state index is 0.227. The van der Waals surface area contributed by atoms with Gasteiger partial charge in [0.15, 0.2) is 0 Å². The Kier molecular flexibility index (Phi) is 4.02. The largest absolute Gasteiger partial charge is 0.443 e. The number of H-pyrrole nitrogens is 1. The molecule has 0 aliphatic heterocycles. The Labute approximate surface area is 155 Å². The molecule has 27 heavy (non-hydrogen) atoms. The van der Waals surface area contributed by atoms with Crippen LogP contribution in [0.5, 0.6) is 0 Å². The van der Waals surface area contributed by atoms with E-state index in [-0.39, 0.29) is 17.4 Å². The monoisotopic (exact) mass is 364 g/mol. The van der Waals surface area contributed by atoms with Gasteiger partial charge in [0.2, 0.25) is 5.89 Å². The molecule has 0 bridgehead atoms. The zero-order valence-corrected chi connectivity index (χ0v) is 15.4. The van der Waals surface area contributed by atoms with Gasteiger partial charge in [0.25, 0.3) is 0 Å². The maximum Gasteiger partial charge on any atom is 0.326 e. The number of hydrogen-bond acceptors (Lipinski definition) is 6. The molecule has 4 aromatic heterocycles. The van der Waals surface area contributed by atoms with Gasteiger partial charge in [-0.2, -0.15) is 0 Å². The van der Waals surface area contributed by atoms with Crippen LogP contribution in [0.25, 0.3) is 22.6 Å². The maximum absolute atomic E-state index is 12.5. The van der Waals surface area contributed by atoms with E-state index in [4.69, 9.17) is 10.2 Å². The highest BCUT2D eigenvalue weighted by Crippen LogP contribution is 2.26. The highest BCUT2D eigenvalue weighted by molar-refractivity contribution is 5.87. The smallest absolute Gasteiger partial charge is 0.326 e. The fourth-order valence-electron chi connectivity index (χ4n) is 2.89. The summed E-state index contributed by atoms with van der Waals surface area (Å²) in [6, 6.07) is 5.62. The maximum atomic E-state index is 12.5. The predicted octanol–water partition coefficient (Wildman–Crippen LogP) is 2.84. The molecule has 138 valence electrons. The number of aromatic nitrogens is 5. The first-order chi connectivity index (χ1) is 12.9. The van der Waals surface area contributed by atoms with E-state index in [0.29, 0.717) is 29.2 Å². The SMILES string of the molecule is Cc1ccc(Cn2c(=O)[nH]c3c(N)nc(-c4nc(C(C)C)co4)cc32)cn1. The lowest BCUT2D eigenvalue weighted by molar-refractivity contribution is 0.569. The second kappa shape index (κ2) is 6.39. The number of pyridine rings is 2. The third-order valence-electron chi connectivity index (χ3n) is 4.44. The number of nitrogens with two attached hydrogens (primary N) is 1. The zero-order chi connectivity index (χ0) is 19.1. The molecule has 0 spiro atoms. The standard InChI is InChI=1S/C19H20N6O2/c1-10(2)14-9-27-18(23-14)13-6-15-16(17(20)22-13)24-19(26)25(15)8-12-5-4-11(3)21-7-12/h4-7,9-10H,8H2,1-3H3,(H2,20,22)(H,24,26). The number of fused-ring (bicyclic) bond motifs is 1. The molecule has 0 fully saturated rings. The van der Waals surface area contributed by atoms with Crippen molar-refractivity contribution in [3.05, 3.63) is 58.1 Å². The summed E-state index contributed by atoms with van der Waals surface area (Å²) in [5.41, 5.74) is 10.1. The van der Waals surface area contributed by atoms with Gasteiger partial charge in [-0.25, -0.2) is 14.8 Å². The molecule has 4 aromatic rings. The molecule has 0 aliphatic rings. The summed E-state index contributed by atoms with van der Waals surface area (Å²) in [4.78, 5) is 28.3. The highest BCUT2D eigenvalue weighted by atomic mass is 16.3. The molecule has 0 aromatic carbocycles. The topological polar surface area (TPSA) is 116 Å². The summed E-state index contributed by atoms with van der Waals surface area (Å²) in [6.07, 6.45) is 3.37. The number of imidazole rings is 1. The number of anilines is 1. The molecular weight excluding hydrogens is 344 g/mol. The Bertz CT molecular complexity index is 1170. The van der Waals surface area contributed by atoms with Crippen LogP contribution >= 0.6 is 0 Å². The predicted molar refractivity (Wildman–Crippen MR) is 102 cm³/mol. The van der Waals surface area contributed by atoms with Crippen molar-refractivity contribution in [2.75, 3.05) is 5.73 Å². The highest BCUT2D eigenvalue weighted by Gasteiger charge is 2.17. The van der Waals surface area contributed by atoms with Gasteiger partial charge in [-0.1, -0.05) is 19.9 Å². The molecule has 0 saturated carbocycles. The van der Waals surface area contributed by atoms with Crippen LogP contribution in [0.3, 0.4) is 0 Å². The number of oxazole rings is 1. The van der Waals surface area contributed by atoms with Crippen LogP contribution in [0.15, 0.2) is 39.9 Å². The van der Waals surface area contributed by atoms with E-state index in [1.807, 2.05) is 32.9 Å². The first-order valence-corrected chi connectivity index (χ1v) is 8.68. The van der Waals surface area contributed by atoms with Gasteiger partial charge in [-0.15, -0.1) is 0 Å². The van der Waals surface area contributed by atoms with E-state index >= 15 is 0 Å². The van der Waals surface area contributed by atoms with Gasteiger partial charge in [0, 0.05) is 11.9 Å². The Morgan fingerprint density at radius 2 is 2.11 bits per heavy atom. The second-order valence-corrected chi connectivity index (χ2v) is 6.84. The van der Waals surface area contributed by atoms with E-state index in [2.05, 4.69) is 19.9 Å². The van der Waals surface area contributed by atoms with E-state index in [9.17, 15) is 4.79 Å². The van der Waals surface area contributed by atoms with Crippen molar-refractivity contribution in [1.82, 2.24) is 24.5 Å². The normalized spacial score (nSPS) is 11.6. The summed E-state index contributed by atoms with van der Waals surface area (Å²) >= 11 is 0. The molecule has 0 radical (unpaired) electrons. The lowest BCUT2D eigenvalue weighted by atomic mass is 10.2. The molecular formula is C19H20N6O2. The van der Waals surface area contributed by atoms with Crippen molar-refractivity contribution in [2.24, 2.45) is 0 Å². The van der Waals surface area contributed by atoms with Crippen molar-refractivity contribution < 1.29 is 4.42 Å². The first kappa shape index (κ1) is 17.0. The number of nitrogen functional groups attached to an aromatic ring is 1. The Balaban J connectivity index is 1.82. The fraction of sp³-hybridized carbons (Fsp3) is 0.263. The average Bonchev–Trinajstić information content (AvgIpc) is 3.23. The van der Waals surface area contributed by atoms with Crippen LogP contribution < -0.4 is 11.4 Å². The quantitative estimate of drug-likeness (QED) is 0.575. The Morgan fingerprint density at radius 1 is 1.30 bits per heavy atom. The fourth-order valence-corrected chi connectivity index (χ4v) is 2.89. The van der Waals surface area contributed by atoms with Crippen LogP contribution in [0.2, 0.25) is 0 Å². The minimum Gasteiger partial charge on any atom is -0.443 e. The molecule has 3 N–H and O–H groups in total. The number of nitrogens with one attached hydrogen (secondary N) is 1. The summed E-state index contributed by atoms with van der Waals surface area (Å²) in [5.74, 6) is 0.845. The number of hydrogen-bond donors (Lipinski definition) is 2. The molecule has 4 rings (SSSR count). The van der Waals surface area contributed by atoms with Crippen molar-refractivity contribution in [1.29, 1.82) is 0 Å². The minimum atomic E-state index is -0.258. The van der Waals surface area contributed by atoms with E-state index in [0.717, 1.165) is 17.0 Å². The molecule has 4 heterocycles. The summed E-state index contributed by atoms with van der Waals surface area (Å²) in [6.45, 7) is 6.36. The lowest BCUT2D eigenvalue weighted by Crippen LogP contribution is -2.17. The van der Waals surface area contributed by atoms with Crippen LogP contribution in [0, 0.1) is 6.92 Å². The molecule has 8 nitrogen and oxygen atoms in total. The van der Waals surface area contributed by atoms with E-state index in [1.54, 1.807) is 23.1 Å². The molecule has 8 heteroatoms. The summed E-state index contributed by atoms with van der Waals surface area (Å²) < 4.78 is 7.16. The van der Waals surface area contributed by atoms with Crippen molar-refractivity contribution >= 4 is 16.9 Å². The third-order valence-corrected chi connectivity index (χ3v) is 4.44. The molecule has 0 unspecified atom stereocenters. The second-order valence-electron chi connectivity index (χ2n) is 6.84.